The number of hydrogen-bond donors (Lipinski definition) is 8. The van der Waals surface area contributed by atoms with Crippen molar-refractivity contribution in [3.63, 3.8) is 0 Å². The number of nitrogens with zero attached hydrogens (tertiary/aromatic N) is 14. The van der Waals surface area contributed by atoms with Gasteiger partial charge in [0.2, 0.25) is 23.8 Å². The average molecular weight is 1640 g/mol. The van der Waals surface area contributed by atoms with E-state index in [0.717, 1.165) is 90.8 Å². The van der Waals surface area contributed by atoms with E-state index in [0.29, 0.717) is 85.2 Å². The largest absolute Gasteiger partial charge is 0.454 e. The quantitative estimate of drug-likeness (QED) is 0.0349. The molecular formula is C92H70F4N22O3S. The SMILES string of the molecule is Nc1nc(Nc2ccc(Oc3cccc4cnccc34)c(F)c2)cc(-c2ccccc2)n1.Nc1nc(Nc2ccc(Oc3cccc4cnccc34)c(F)c2)cc(-c2cccnc2)n1.Nc1nc(Nc2ccc(Oc3cccc4cnccc34)c(F)c2)cc(-c2ccncc2)n1.Nc1nc2c(c(Nc3ccc(Sc4ccncc4)c(F)c3)n1)CCCC2. The van der Waals surface area contributed by atoms with Gasteiger partial charge in [0.1, 0.15) is 46.3 Å². The van der Waals surface area contributed by atoms with Crippen LogP contribution in [0.25, 0.3) is 66.1 Å². The number of nitrogens with one attached hydrogen (secondary N) is 4. The molecule has 0 amide bonds. The summed E-state index contributed by atoms with van der Waals surface area (Å²) < 4.78 is 76.5. The normalized spacial score (nSPS) is 11.3. The third kappa shape index (κ3) is 20.0. The summed E-state index contributed by atoms with van der Waals surface area (Å²) in [5, 5.41) is 17.7. The minimum Gasteiger partial charge on any atom is -0.454 e. The number of nitrogens with two attached hydrogens (primary N) is 4. The second-order valence-corrected chi connectivity index (χ2v) is 28.2. The molecule has 0 aliphatic heterocycles. The second-order valence-electron chi connectivity index (χ2n) is 27.1. The number of anilines is 12. The maximum atomic E-state index is 14.8. The summed E-state index contributed by atoms with van der Waals surface area (Å²) in [7, 11) is 0. The van der Waals surface area contributed by atoms with E-state index in [1.165, 1.54) is 36.0 Å². The Morgan fingerprint density at radius 3 is 1.16 bits per heavy atom. The Balaban J connectivity index is 0.000000121. The van der Waals surface area contributed by atoms with Crippen molar-refractivity contribution in [3.05, 3.63) is 339 Å². The fraction of sp³-hybridized carbons (Fsp3) is 0.0435. The van der Waals surface area contributed by atoms with Crippen LogP contribution in [0.4, 0.5) is 87.4 Å². The van der Waals surface area contributed by atoms with Crippen molar-refractivity contribution in [1.82, 2.24) is 69.8 Å². The van der Waals surface area contributed by atoms with E-state index in [-0.39, 0.29) is 46.9 Å². The van der Waals surface area contributed by atoms with Crippen molar-refractivity contribution in [2.45, 2.75) is 35.5 Å². The molecule has 1 aliphatic carbocycles. The van der Waals surface area contributed by atoms with Gasteiger partial charge in [0, 0.05) is 198 Å². The highest BCUT2D eigenvalue weighted by atomic mass is 32.2. The zero-order valence-corrected chi connectivity index (χ0v) is 65.2. The van der Waals surface area contributed by atoms with Crippen molar-refractivity contribution >= 4 is 114 Å². The molecule has 0 spiro atoms. The number of benzene rings is 8. The van der Waals surface area contributed by atoms with E-state index in [4.69, 9.17) is 37.1 Å². The Bertz CT molecular complexity index is 6240. The van der Waals surface area contributed by atoms with Crippen LogP contribution in [0.2, 0.25) is 0 Å². The predicted octanol–water partition coefficient (Wildman–Crippen LogP) is 21.0. The molecule has 25 nitrogen and oxygen atoms in total. The second kappa shape index (κ2) is 37.3. The first-order chi connectivity index (χ1) is 59.6. The number of rotatable bonds is 19. The summed E-state index contributed by atoms with van der Waals surface area (Å²) in [5.74, 6) is 2.77. The molecule has 10 heterocycles. The lowest BCUT2D eigenvalue weighted by molar-refractivity contribution is 0.446. The number of fused-ring (bicyclic) bond motifs is 4. The molecule has 8 aromatic carbocycles. The summed E-state index contributed by atoms with van der Waals surface area (Å²) in [6.45, 7) is 0. The Morgan fingerprint density at radius 1 is 0.303 bits per heavy atom. The van der Waals surface area contributed by atoms with E-state index in [1.54, 1.807) is 159 Å². The molecule has 12 N–H and O–H groups in total. The molecule has 19 rings (SSSR count). The molecule has 18 aromatic rings. The first-order valence-electron chi connectivity index (χ1n) is 38.0. The minimum atomic E-state index is -0.518. The van der Waals surface area contributed by atoms with Crippen LogP contribution in [-0.2, 0) is 12.8 Å². The molecule has 122 heavy (non-hydrogen) atoms. The highest BCUT2D eigenvalue weighted by Crippen LogP contribution is 2.39. The molecule has 0 unspecified atom stereocenters. The molecule has 30 heteroatoms. The predicted molar refractivity (Wildman–Crippen MR) is 467 cm³/mol. The standard InChI is InChI=1S/C25H18FN5O.2C24H17FN6O.C19H18FN5S/c26-20-13-18(29-24-14-21(30-25(27)31-24)16-5-2-1-3-6-16)9-10-23(20)32-22-8-4-7-17-15-28-12-11-19(17)22;25-19-11-17(29-23-12-20(30-24(26)31-23)16-4-2-9-27-14-16)6-7-22(19)32-21-5-1-3-15-13-28-10-8-18(15)21;25-19-12-17(29-23-13-20(30-24(26)31-23)15-6-9-27-10-7-15)4-5-22(19)32-21-3-1-2-16-14-28-11-8-18(16)21;20-15-11-12(5-6-17(15)26-13-7-9-22-10-8-13)23-18-14-3-1-2-4-16(14)24-19(21)25-18/h1-15H,(H3,27,29,30,31);2*1-14H,(H3,26,29,30,31);5-11H,1-4H2,(H3,21,23,24,25). The number of nitrogen functional groups attached to an aromatic ring is 4. The van der Waals surface area contributed by atoms with Gasteiger partial charge in [-0.25, -0.2) is 37.5 Å². The van der Waals surface area contributed by atoms with Crippen LogP contribution in [0.5, 0.6) is 34.5 Å². The van der Waals surface area contributed by atoms with E-state index in [1.807, 2.05) is 121 Å². The maximum Gasteiger partial charge on any atom is 0.222 e. The van der Waals surface area contributed by atoms with E-state index in [2.05, 4.69) is 91.0 Å². The zero-order chi connectivity index (χ0) is 83.7. The highest BCUT2D eigenvalue weighted by Gasteiger charge is 2.20. The van der Waals surface area contributed by atoms with Crippen LogP contribution in [0, 0.1) is 23.3 Å². The van der Waals surface area contributed by atoms with Gasteiger partial charge in [-0.05, 0) is 153 Å². The van der Waals surface area contributed by atoms with Gasteiger partial charge in [0.25, 0.3) is 0 Å². The van der Waals surface area contributed by atoms with Crippen molar-refractivity contribution < 1.29 is 31.8 Å². The summed E-state index contributed by atoms with van der Waals surface area (Å²) in [6, 6.07) is 67.0. The fourth-order valence-corrected chi connectivity index (χ4v) is 13.9. The smallest absolute Gasteiger partial charge is 0.222 e. The Kier molecular flexibility index (Phi) is 24.3. The van der Waals surface area contributed by atoms with Crippen molar-refractivity contribution in [1.29, 1.82) is 0 Å². The average Bonchev–Trinajstić information content (AvgIpc) is 0.804. The summed E-state index contributed by atoms with van der Waals surface area (Å²) in [4.78, 5) is 59.9. The monoisotopic (exact) mass is 1640 g/mol. The molecular weight excluding hydrogens is 1570 g/mol. The number of ether oxygens (including phenoxy) is 3. The van der Waals surface area contributed by atoms with Crippen molar-refractivity contribution in [3.8, 4) is 68.3 Å². The molecule has 0 bridgehead atoms. The van der Waals surface area contributed by atoms with Gasteiger partial charge in [-0.15, -0.1) is 0 Å². The molecule has 0 saturated heterocycles. The number of aryl methyl sites for hydroxylation is 1. The third-order valence-electron chi connectivity index (χ3n) is 18.7. The Labute approximate surface area is 699 Å². The van der Waals surface area contributed by atoms with Crippen LogP contribution < -0.4 is 58.4 Å². The van der Waals surface area contributed by atoms with Gasteiger partial charge in [0.15, 0.2) is 34.7 Å². The molecule has 0 fully saturated rings. The number of aromatic nitrogens is 14. The first-order valence-corrected chi connectivity index (χ1v) is 38.8. The maximum absolute atomic E-state index is 14.8. The topological polar surface area (TPSA) is 360 Å². The van der Waals surface area contributed by atoms with Gasteiger partial charge >= 0.3 is 0 Å². The van der Waals surface area contributed by atoms with Gasteiger partial charge in [0.05, 0.1) is 22.8 Å². The van der Waals surface area contributed by atoms with E-state index >= 15 is 0 Å². The zero-order valence-electron chi connectivity index (χ0n) is 64.4. The fourth-order valence-electron chi connectivity index (χ4n) is 13.1. The lowest BCUT2D eigenvalue weighted by atomic mass is 9.96. The third-order valence-corrected chi connectivity index (χ3v) is 19.8. The van der Waals surface area contributed by atoms with Crippen LogP contribution in [-0.4, -0.2) is 69.8 Å². The van der Waals surface area contributed by atoms with Gasteiger partial charge < -0.3 is 58.4 Å². The van der Waals surface area contributed by atoms with E-state index in [9.17, 15) is 17.6 Å². The molecule has 600 valence electrons. The van der Waals surface area contributed by atoms with Gasteiger partial charge in [-0.1, -0.05) is 78.5 Å². The molecule has 0 radical (unpaired) electrons. The molecule has 10 aromatic heterocycles. The molecule has 1 aliphatic rings. The summed E-state index contributed by atoms with van der Waals surface area (Å²) >= 11 is 1.37. The van der Waals surface area contributed by atoms with Crippen LogP contribution >= 0.6 is 11.8 Å². The van der Waals surface area contributed by atoms with Gasteiger partial charge in [-0.3, -0.25) is 29.9 Å². The lowest BCUT2D eigenvalue weighted by Gasteiger charge is -2.19. The molecule has 0 atom stereocenters. The first kappa shape index (κ1) is 79.5. The lowest BCUT2D eigenvalue weighted by Crippen LogP contribution is -2.12. The summed E-state index contributed by atoms with van der Waals surface area (Å²) in [6.07, 6.45) is 24.3. The van der Waals surface area contributed by atoms with Gasteiger partial charge in [-0.2, -0.15) is 19.9 Å². The Hall–Kier alpha value is -16.4. The van der Waals surface area contributed by atoms with Crippen molar-refractivity contribution in [2.75, 3.05) is 44.2 Å². The Morgan fingerprint density at radius 2 is 0.705 bits per heavy atom. The number of pyridine rings is 6. The van der Waals surface area contributed by atoms with E-state index < -0.39 is 17.5 Å². The number of hydrogen-bond acceptors (Lipinski definition) is 26. The highest BCUT2D eigenvalue weighted by molar-refractivity contribution is 7.99. The van der Waals surface area contributed by atoms with Crippen LogP contribution in [0.3, 0.4) is 0 Å². The summed E-state index contributed by atoms with van der Waals surface area (Å²) in [5.41, 5.74) is 32.1. The molecule has 0 saturated carbocycles. The van der Waals surface area contributed by atoms with Crippen LogP contribution in [0.15, 0.2) is 315 Å². The van der Waals surface area contributed by atoms with Crippen LogP contribution in [0.1, 0.15) is 24.1 Å². The number of halogens is 4. The minimum absolute atomic E-state index is 0.0970. The van der Waals surface area contributed by atoms with Crippen molar-refractivity contribution in [2.24, 2.45) is 0 Å².